The summed E-state index contributed by atoms with van der Waals surface area (Å²) in [5, 5.41) is 0. The molecular weight excluding hydrogens is 170 g/mol. The van der Waals surface area contributed by atoms with Crippen LogP contribution in [0.1, 0.15) is 0 Å². The summed E-state index contributed by atoms with van der Waals surface area (Å²) in [6, 6.07) is 0. The predicted molar refractivity (Wildman–Crippen MR) is 31.4 cm³/mol. The first-order chi connectivity index (χ1) is 3.73. The third-order valence-electron chi connectivity index (χ3n) is 0. The van der Waals surface area contributed by atoms with Gasteiger partial charge in [-0.15, -0.1) is 0 Å². The van der Waals surface area contributed by atoms with Gasteiger partial charge in [-0.3, -0.25) is 9.13 Å². The molecule has 0 unspecified atom stereocenters. The van der Waals surface area contributed by atoms with Crippen molar-refractivity contribution in [2.24, 2.45) is 0 Å². The van der Waals surface area contributed by atoms with Crippen LogP contribution >= 0.6 is 15.9 Å². The molecule has 0 saturated carbocycles. The van der Waals surface area contributed by atoms with Crippen molar-refractivity contribution in [3.8, 4) is 0 Å². The van der Waals surface area contributed by atoms with Crippen molar-refractivity contribution >= 4 is 15.9 Å². The largest absolute Gasteiger partial charge is 0.326 e. The monoisotopic (exact) mass is 178 g/mol. The molecule has 58 valence electrons. The molecule has 0 bridgehead atoms. The molecule has 4 N–H and O–H groups in total. The van der Waals surface area contributed by atoms with E-state index < -0.39 is 15.9 Å². The minimum atomic E-state index is -3.64. The molecule has 0 radical (unpaired) electrons. The summed E-state index contributed by atoms with van der Waals surface area (Å²) in [5.74, 6) is 0. The highest BCUT2D eigenvalue weighted by molar-refractivity contribution is 7.50. The van der Waals surface area contributed by atoms with E-state index in [9.17, 15) is 4.57 Å². The number of hydrogen-bond donors (Lipinski definition) is 4. The molecule has 0 spiro atoms. The smallest absolute Gasteiger partial charge is 0.322 e. The van der Waals surface area contributed by atoms with Gasteiger partial charge in [-0.2, -0.15) is 0 Å². The van der Waals surface area contributed by atoms with Crippen molar-refractivity contribution in [1.82, 2.24) is 0 Å². The topological polar surface area (TPSA) is 115 Å². The lowest BCUT2D eigenvalue weighted by molar-refractivity contribution is 0.381. The zero-order chi connectivity index (χ0) is 8.08. The first-order valence-corrected chi connectivity index (χ1v) is 5.04. The molecule has 0 rings (SSSR count). The van der Waals surface area contributed by atoms with Gasteiger partial charge in [0.15, 0.2) is 0 Å². The summed E-state index contributed by atoms with van der Waals surface area (Å²) in [5.41, 5.74) is 0. The van der Waals surface area contributed by atoms with Crippen molar-refractivity contribution in [3.05, 3.63) is 0 Å². The van der Waals surface area contributed by atoms with E-state index in [-0.39, 0.29) is 0 Å². The van der Waals surface area contributed by atoms with Crippen LogP contribution < -0.4 is 0 Å². The van der Waals surface area contributed by atoms with Gasteiger partial charge in [0.25, 0.3) is 0 Å². The van der Waals surface area contributed by atoms with Crippen LogP contribution in [0.4, 0.5) is 0 Å². The summed E-state index contributed by atoms with van der Waals surface area (Å²) in [6.45, 7) is 0.854. The van der Waals surface area contributed by atoms with E-state index in [1.54, 1.807) is 0 Å². The molecule has 0 aromatic heterocycles. The van der Waals surface area contributed by atoms with Gasteiger partial charge in [0.2, 0.25) is 0 Å². The molecule has 0 amide bonds. The lowest BCUT2D eigenvalue weighted by Gasteiger charge is -1.84. The Labute approximate surface area is 52.3 Å². The molecule has 0 heterocycles. The Bertz CT molecular complexity index is 111. The van der Waals surface area contributed by atoms with Gasteiger partial charge in [-0.1, -0.05) is 0 Å². The van der Waals surface area contributed by atoms with Crippen molar-refractivity contribution in [3.63, 3.8) is 0 Å². The molecule has 0 aromatic rings. The van der Waals surface area contributed by atoms with Crippen molar-refractivity contribution in [2.45, 2.75) is 0 Å². The minimum absolute atomic E-state index is 0.854. The van der Waals surface area contributed by atoms with E-state index in [0.717, 1.165) is 6.66 Å². The van der Waals surface area contributed by atoms with Crippen molar-refractivity contribution in [2.75, 3.05) is 6.66 Å². The molecule has 8 heteroatoms. The Hall–Kier alpha value is 0.300. The fourth-order valence-electron chi connectivity index (χ4n) is 0. The third kappa shape index (κ3) is 3660. The number of hydrogen-bond acceptors (Lipinski definition) is 2. The highest BCUT2D eigenvalue weighted by Crippen LogP contribution is 2.26. The lowest BCUT2D eigenvalue weighted by Crippen LogP contribution is -1.64. The maximum atomic E-state index is 9.33. The van der Waals surface area contributed by atoms with Gasteiger partial charge < -0.3 is 19.6 Å². The second-order valence-corrected chi connectivity index (χ2v) is 3.35. The summed E-state index contributed by atoms with van der Waals surface area (Å²) < 4.78 is 18.1. The van der Waals surface area contributed by atoms with E-state index >= 15 is 0 Å². The van der Waals surface area contributed by atoms with Crippen LogP contribution in [0.15, 0.2) is 0 Å². The standard InChI is InChI=1S/CH5O3P.H3O3P/c1-5(2,3)4;1-4(2)3/h1H3,(H2,2,3,4);4H,(H2,1,2,3). The maximum Gasteiger partial charge on any atom is 0.322 e. The van der Waals surface area contributed by atoms with E-state index in [1.165, 1.54) is 0 Å². The molecule has 6 nitrogen and oxygen atoms in total. The summed E-state index contributed by atoms with van der Waals surface area (Å²) in [4.78, 5) is 29.6. The van der Waals surface area contributed by atoms with Gasteiger partial charge in [-0.05, 0) is 0 Å². The van der Waals surface area contributed by atoms with E-state index in [1.807, 2.05) is 0 Å². The zero-order valence-electron chi connectivity index (χ0n) is 4.55. The maximum absolute atomic E-state index is 9.33. The zero-order valence-corrected chi connectivity index (χ0v) is 6.45. The van der Waals surface area contributed by atoms with Crippen molar-refractivity contribution in [1.29, 1.82) is 0 Å². The third-order valence-corrected chi connectivity index (χ3v) is 0. The molecule has 0 atom stereocenters. The van der Waals surface area contributed by atoms with Gasteiger partial charge >= 0.3 is 15.9 Å². The summed E-state index contributed by atoms with van der Waals surface area (Å²) in [6.07, 6.45) is 0. The first-order valence-electron chi connectivity index (χ1n) is 1.68. The Morgan fingerprint density at radius 2 is 1.33 bits per heavy atom. The van der Waals surface area contributed by atoms with Crippen LogP contribution in [0.25, 0.3) is 0 Å². The van der Waals surface area contributed by atoms with Gasteiger partial charge in [0.05, 0.1) is 0 Å². The van der Waals surface area contributed by atoms with Crippen LogP contribution in [0.3, 0.4) is 0 Å². The molecule has 0 aliphatic carbocycles. The Balaban J connectivity index is 0. The molecule has 0 saturated heterocycles. The highest BCUT2D eigenvalue weighted by Gasteiger charge is 1.95. The normalized spacial score (nSPS) is 10.4. The van der Waals surface area contributed by atoms with E-state index in [4.69, 9.17) is 24.1 Å². The predicted octanol–water partition coefficient (Wildman–Crippen LogP) is -0.845. The quantitative estimate of drug-likeness (QED) is 0.359. The van der Waals surface area contributed by atoms with E-state index in [0.29, 0.717) is 0 Å². The van der Waals surface area contributed by atoms with Gasteiger partial charge in [-0.25, -0.2) is 0 Å². The molecule has 0 aromatic carbocycles. The SMILES string of the molecule is CP(=O)(O)O.O=[PH](O)O. The van der Waals surface area contributed by atoms with Crippen LogP contribution in [0.2, 0.25) is 0 Å². The Morgan fingerprint density at radius 1 is 1.33 bits per heavy atom. The summed E-state index contributed by atoms with van der Waals surface area (Å²) in [7, 11) is -6.77. The molecule has 0 aliphatic rings. The highest BCUT2D eigenvalue weighted by atomic mass is 31.2. The molecule has 9 heavy (non-hydrogen) atoms. The fourth-order valence-corrected chi connectivity index (χ4v) is 0. The van der Waals surface area contributed by atoms with Crippen molar-refractivity contribution < 1.29 is 28.7 Å². The molecular formula is CH8O6P2. The van der Waals surface area contributed by atoms with Crippen LogP contribution in [0.5, 0.6) is 0 Å². The van der Waals surface area contributed by atoms with Crippen LogP contribution in [-0.4, -0.2) is 26.2 Å². The van der Waals surface area contributed by atoms with Gasteiger partial charge in [0.1, 0.15) is 0 Å². The lowest BCUT2D eigenvalue weighted by atomic mass is 12.0. The Kier molecular flexibility index (Phi) is 6.83. The molecule has 0 aliphatic heterocycles. The van der Waals surface area contributed by atoms with Crippen LogP contribution in [0, 0.1) is 0 Å². The second kappa shape index (κ2) is 5.11. The van der Waals surface area contributed by atoms with Gasteiger partial charge in [0, 0.05) is 6.66 Å². The summed E-state index contributed by atoms with van der Waals surface area (Å²) >= 11 is 0. The van der Waals surface area contributed by atoms with E-state index in [2.05, 4.69) is 0 Å². The Morgan fingerprint density at radius 3 is 1.33 bits per heavy atom. The average Bonchev–Trinajstić information content (AvgIpc) is 1.19. The second-order valence-electron chi connectivity index (χ2n) is 1.12. The average molecular weight is 178 g/mol. The fraction of sp³-hybridized carbons (Fsp3) is 1.00. The minimum Gasteiger partial charge on any atom is -0.326 e. The first kappa shape index (κ1) is 12.0. The number of rotatable bonds is 0. The molecule has 0 fully saturated rings. The van der Waals surface area contributed by atoms with Crippen LogP contribution in [-0.2, 0) is 9.13 Å².